The van der Waals surface area contributed by atoms with E-state index in [4.69, 9.17) is 20.1 Å². The fraction of sp³-hybridized carbons (Fsp3) is 0.833. The highest BCUT2D eigenvalue weighted by molar-refractivity contribution is 5.90. The van der Waals surface area contributed by atoms with Gasteiger partial charge < -0.3 is 25.2 Å². The van der Waals surface area contributed by atoms with E-state index in [0.717, 1.165) is 18.4 Å². The van der Waals surface area contributed by atoms with Gasteiger partial charge in [0.25, 0.3) is 0 Å². The van der Waals surface area contributed by atoms with Crippen LogP contribution in [0.2, 0.25) is 0 Å². The van der Waals surface area contributed by atoms with Gasteiger partial charge in [0.1, 0.15) is 12.2 Å². The van der Waals surface area contributed by atoms with Gasteiger partial charge in [-0.1, -0.05) is 34.6 Å². The smallest absolute Gasteiger partial charge is 0.331 e. The number of ether oxygens (including phenoxy) is 3. The Hall–Kier alpha value is -1.44. The van der Waals surface area contributed by atoms with Crippen LogP contribution in [0.3, 0.4) is 0 Å². The standard InChI is InChI=1S/C24H40N2O5/c1-21(2,3)20-18-14(11-16(27)29-18)12-24(8,31-20)10-9-22(4,5)19-17(28)15(26-25)13-23(6,7)30-19/h11,17-20,28H,9-10,12-13,25H2,1-8H3/b26-15+/t17-,18-,19?,20?,24+/m0/s1. The molecule has 0 spiro atoms. The minimum absolute atomic E-state index is 0.176. The Morgan fingerprint density at radius 2 is 1.77 bits per heavy atom. The topological polar surface area (TPSA) is 103 Å². The van der Waals surface area contributed by atoms with Crippen LogP contribution in [0.5, 0.6) is 0 Å². The molecule has 3 aliphatic heterocycles. The molecule has 0 amide bonds. The van der Waals surface area contributed by atoms with Crippen molar-refractivity contribution in [3.05, 3.63) is 11.6 Å². The van der Waals surface area contributed by atoms with Crippen molar-refractivity contribution < 1.29 is 24.1 Å². The Morgan fingerprint density at radius 3 is 2.35 bits per heavy atom. The first-order valence-electron chi connectivity index (χ1n) is 11.3. The van der Waals surface area contributed by atoms with E-state index in [0.29, 0.717) is 18.6 Å². The highest BCUT2D eigenvalue weighted by Crippen LogP contribution is 2.47. The lowest BCUT2D eigenvalue weighted by atomic mass is 9.71. The second kappa shape index (κ2) is 7.85. The van der Waals surface area contributed by atoms with Crippen molar-refractivity contribution in [3.8, 4) is 0 Å². The molecule has 31 heavy (non-hydrogen) atoms. The van der Waals surface area contributed by atoms with E-state index in [1.807, 2.05) is 13.8 Å². The molecule has 2 saturated heterocycles. The van der Waals surface area contributed by atoms with Crippen molar-refractivity contribution >= 4 is 11.7 Å². The van der Waals surface area contributed by atoms with Gasteiger partial charge in [0, 0.05) is 18.9 Å². The van der Waals surface area contributed by atoms with E-state index in [1.54, 1.807) is 6.08 Å². The quantitative estimate of drug-likeness (QED) is 0.397. The van der Waals surface area contributed by atoms with Crippen molar-refractivity contribution in [2.24, 2.45) is 21.8 Å². The van der Waals surface area contributed by atoms with Crippen molar-refractivity contribution in [2.75, 3.05) is 0 Å². The molecule has 0 aromatic rings. The molecule has 0 bridgehead atoms. The van der Waals surface area contributed by atoms with E-state index < -0.39 is 23.4 Å². The van der Waals surface area contributed by atoms with Gasteiger partial charge in [-0.05, 0) is 50.0 Å². The predicted molar refractivity (Wildman–Crippen MR) is 120 cm³/mol. The zero-order valence-corrected chi connectivity index (χ0v) is 20.3. The molecule has 3 N–H and O–H groups in total. The van der Waals surface area contributed by atoms with Crippen LogP contribution in [-0.2, 0) is 19.0 Å². The molecule has 3 heterocycles. The minimum Gasteiger partial charge on any atom is -0.452 e. The zero-order valence-electron chi connectivity index (χ0n) is 20.3. The lowest BCUT2D eigenvalue weighted by molar-refractivity contribution is -0.198. The number of esters is 1. The maximum Gasteiger partial charge on any atom is 0.331 e. The number of nitrogens with two attached hydrogens (primary N) is 1. The first-order valence-corrected chi connectivity index (χ1v) is 11.3. The third-order valence-corrected chi connectivity index (χ3v) is 6.95. The molecular weight excluding hydrogens is 396 g/mol. The summed E-state index contributed by atoms with van der Waals surface area (Å²) in [6.07, 6.45) is 2.55. The van der Waals surface area contributed by atoms with Crippen LogP contribution in [0.1, 0.15) is 81.1 Å². The summed E-state index contributed by atoms with van der Waals surface area (Å²) in [5, 5.41) is 14.7. The molecule has 3 aliphatic rings. The van der Waals surface area contributed by atoms with Crippen molar-refractivity contribution in [1.82, 2.24) is 0 Å². The maximum atomic E-state index is 12.0. The number of hydrazone groups is 1. The molecule has 0 aliphatic carbocycles. The molecule has 0 aromatic heterocycles. The molecule has 2 fully saturated rings. The van der Waals surface area contributed by atoms with Gasteiger partial charge >= 0.3 is 5.97 Å². The van der Waals surface area contributed by atoms with Crippen LogP contribution in [0.15, 0.2) is 16.8 Å². The Labute approximate surface area is 186 Å². The second-order valence-electron chi connectivity index (χ2n) is 12.1. The first kappa shape index (κ1) is 24.2. The third kappa shape index (κ3) is 4.99. The summed E-state index contributed by atoms with van der Waals surface area (Å²) < 4.78 is 18.5. The summed E-state index contributed by atoms with van der Waals surface area (Å²) >= 11 is 0. The Morgan fingerprint density at radius 1 is 1.13 bits per heavy atom. The Kier molecular flexibility index (Phi) is 6.13. The van der Waals surface area contributed by atoms with E-state index >= 15 is 0 Å². The molecule has 7 nitrogen and oxygen atoms in total. The summed E-state index contributed by atoms with van der Waals surface area (Å²) in [6.45, 7) is 16.6. The van der Waals surface area contributed by atoms with Crippen LogP contribution in [0.25, 0.3) is 0 Å². The largest absolute Gasteiger partial charge is 0.452 e. The van der Waals surface area contributed by atoms with Crippen molar-refractivity contribution in [1.29, 1.82) is 0 Å². The van der Waals surface area contributed by atoms with E-state index in [2.05, 4.69) is 46.6 Å². The molecule has 7 heteroatoms. The number of nitrogens with zero attached hydrogens (tertiary/aromatic N) is 1. The second-order valence-corrected chi connectivity index (χ2v) is 12.1. The van der Waals surface area contributed by atoms with Crippen LogP contribution in [0, 0.1) is 10.8 Å². The van der Waals surface area contributed by atoms with Gasteiger partial charge in [0.2, 0.25) is 0 Å². The van der Waals surface area contributed by atoms with Gasteiger partial charge in [0.05, 0.1) is 23.0 Å². The normalized spacial score (nSPS) is 37.4. The van der Waals surface area contributed by atoms with Gasteiger partial charge in [-0.15, -0.1) is 0 Å². The summed E-state index contributed by atoms with van der Waals surface area (Å²) in [6, 6.07) is 0. The van der Waals surface area contributed by atoms with Crippen LogP contribution >= 0.6 is 0 Å². The van der Waals surface area contributed by atoms with E-state index in [9.17, 15) is 9.90 Å². The number of rotatable bonds is 4. The first-order chi connectivity index (χ1) is 14.1. The number of aliphatic hydroxyl groups excluding tert-OH is 1. The molecule has 3 rings (SSSR count). The van der Waals surface area contributed by atoms with Crippen molar-refractivity contribution in [3.63, 3.8) is 0 Å². The molecular formula is C24H40N2O5. The molecule has 5 atom stereocenters. The summed E-state index contributed by atoms with van der Waals surface area (Å²) in [4.78, 5) is 12.0. The van der Waals surface area contributed by atoms with Gasteiger partial charge in [0.15, 0.2) is 6.10 Å². The molecule has 0 saturated carbocycles. The Balaban J connectivity index is 1.78. The predicted octanol–water partition coefficient (Wildman–Crippen LogP) is 3.48. The summed E-state index contributed by atoms with van der Waals surface area (Å²) in [7, 11) is 0. The summed E-state index contributed by atoms with van der Waals surface area (Å²) in [5.41, 5.74) is 0.197. The van der Waals surface area contributed by atoms with E-state index in [-0.39, 0.29) is 29.0 Å². The lowest BCUT2D eigenvalue weighted by Crippen LogP contribution is -2.56. The highest BCUT2D eigenvalue weighted by atomic mass is 16.6. The number of fused-ring (bicyclic) bond motifs is 1. The van der Waals surface area contributed by atoms with Crippen LogP contribution in [-0.4, -0.2) is 52.4 Å². The molecule has 0 radical (unpaired) electrons. The van der Waals surface area contributed by atoms with Gasteiger partial charge in [-0.3, -0.25) is 0 Å². The number of hydrogen-bond acceptors (Lipinski definition) is 7. The van der Waals surface area contributed by atoms with Gasteiger partial charge in [-0.25, -0.2) is 4.79 Å². The van der Waals surface area contributed by atoms with Crippen LogP contribution in [0.4, 0.5) is 0 Å². The number of carbonyl (C=O) groups excluding carboxylic acids is 1. The number of carbonyl (C=O) groups is 1. The van der Waals surface area contributed by atoms with E-state index in [1.165, 1.54) is 0 Å². The van der Waals surface area contributed by atoms with Crippen LogP contribution < -0.4 is 5.84 Å². The monoisotopic (exact) mass is 436 g/mol. The van der Waals surface area contributed by atoms with Crippen molar-refractivity contribution in [2.45, 2.75) is 117 Å². The maximum absolute atomic E-state index is 12.0. The fourth-order valence-corrected chi connectivity index (χ4v) is 5.10. The molecule has 176 valence electrons. The number of hydrogen-bond donors (Lipinski definition) is 2. The van der Waals surface area contributed by atoms with Gasteiger partial charge in [-0.2, -0.15) is 5.10 Å². The zero-order chi connectivity index (χ0) is 23.4. The average molecular weight is 437 g/mol. The number of aliphatic hydroxyl groups is 1. The average Bonchev–Trinajstić information content (AvgIpc) is 2.99. The minimum atomic E-state index is -0.830. The lowest BCUT2D eigenvalue weighted by Gasteiger charge is -2.50. The molecule has 0 aromatic carbocycles. The highest BCUT2D eigenvalue weighted by Gasteiger charge is 2.52. The molecule has 2 unspecified atom stereocenters. The Bertz CT molecular complexity index is 779. The summed E-state index contributed by atoms with van der Waals surface area (Å²) in [5.74, 6) is 5.28. The fourth-order valence-electron chi connectivity index (χ4n) is 5.10. The third-order valence-electron chi connectivity index (χ3n) is 6.95. The SMILES string of the molecule is CC1(C)C/C(=N\N)[C@H](O)C(C(C)(C)CC[C@]2(C)CC3=CC(=O)O[C@@H]3C(C(C)(C)C)O2)O1.